The maximum Gasteiger partial charge on any atom is 0.0548 e. The van der Waals surface area contributed by atoms with Crippen LogP contribution in [-0.4, -0.2) is 4.57 Å². The molecular weight excluding hydrogens is 346 g/mol. The van der Waals surface area contributed by atoms with Crippen LogP contribution >= 0.6 is 11.3 Å². The Morgan fingerprint density at radius 2 is 1.37 bits per heavy atom. The summed E-state index contributed by atoms with van der Waals surface area (Å²) >= 11 is 1.89. The summed E-state index contributed by atoms with van der Waals surface area (Å²) in [6.07, 6.45) is 0. The van der Waals surface area contributed by atoms with Crippen LogP contribution in [0.3, 0.4) is 0 Å². The number of benzene rings is 4. The van der Waals surface area contributed by atoms with E-state index in [9.17, 15) is 0 Å². The van der Waals surface area contributed by atoms with Gasteiger partial charge in [-0.15, -0.1) is 11.3 Å². The minimum Gasteiger partial charge on any atom is -0.309 e. The summed E-state index contributed by atoms with van der Waals surface area (Å²) in [6, 6.07) is 30.9. The van der Waals surface area contributed by atoms with Gasteiger partial charge in [0, 0.05) is 36.6 Å². The molecule has 0 aliphatic carbocycles. The summed E-state index contributed by atoms with van der Waals surface area (Å²) in [5.41, 5.74) is 5.05. The first-order valence-electron chi connectivity index (χ1n) is 9.21. The van der Waals surface area contributed by atoms with Crippen LogP contribution in [0.2, 0.25) is 0 Å². The summed E-state index contributed by atoms with van der Waals surface area (Å²) in [4.78, 5) is 0. The van der Waals surface area contributed by atoms with Gasteiger partial charge in [0.2, 0.25) is 0 Å². The van der Waals surface area contributed by atoms with E-state index in [2.05, 4.69) is 96.4 Å². The number of para-hydroxylation sites is 1. The van der Waals surface area contributed by atoms with Crippen molar-refractivity contribution < 1.29 is 0 Å². The number of aryl methyl sites for hydroxylation is 1. The molecule has 128 valence electrons. The Labute approximate surface area is 161 Å². The average molecular weight is 363 g/mol. The Morgan fingerprint density at radius 1 is 0.593 bits per heavy atom. The predicted octanol–water partition coefficient (Wildman–Crippen LogP) is 7.46. The molecule has 6 rings (SSSR count). The van der Waals surface area contributed by atoms with Gasteiger partial charge in [0.05, 0.1) is 11.0 Å². The highest BCUT2D eigenvalue weighted by atomic mass is 32.1. The topological polar surface area (TPSA) is 4.93 Å². The third-order valence-corrected chi connectivity index (χ3v) is 6.57. The third kappa shape index (κ3) is 2.11. The average Bonchev–Trinajstić information content (AvgIpc) is 3.22. The highest BCUT2D eigenvalue weighted by molar-refractivity contribution is 7.25. The lowest BCUT2D eigenvalue weighted by Gasteiger charge is -2.07. The van der Waals surface area contributed by atoms with E-state index in [1.807, 2.05) is 11.3 Å². The Kier molecular flexibility index (Phi) is 3.03. The molecule has 2 aromatic heterocycles. The second-order valence-corrected chi connectivity index (χ2v) is 8.24. The Balaban J connectivity index is 1.86. The summed E-state index contributed by atoms with van der Waals surface area (Å²) in [5.74, 6) is 0. The Hall–Kier alpha value is -3.10. The molecule has 27 heavy (non-hydrogen) atoms. The fraction of sp³-hybridized carbons (Fsp3) is 0.0400. The normalized spacial score (nSPS) is 11.9. The molecule has 4 aromatic carbocycles. The molecule has 0 saturated heterocycles. The number of thiophene rings is 1. The first-order chi connectivity index (χ1) is 13.3. The van der Waals surface area contributed by atoms with Crippen molar-refractivity contribution in [2.75, 3.05) is 0 Å². The first-order valence-corrected chi connectivity index (χ1v) is 10.0. The fourth-order valence-corrected chi connectivity index (χ4v) is 5.33. The van der Waals surface area contributed by atoms with E-state index < -0.39 is 0 Å². The number of fused-ring (bicyclic) bond motifs is 6. The summed E-state index contributed by atoms with van der Waals surface area (Å²) in [6.45, 7) is 2.17. The first kappa shape index (κ1) is 15.0. The Morgan fingerprint density at radius 3 is 2.26 bits per heavy atom. The van der Waals surface area contributed by atoms with Gasteiger partial charge >= 0.3 is 0 Å². The van der Waals surface area contributed by atoms with Crippen LogP contribution in [0.5, 0.6) is 0 Å². The molecule has 0 bridgehead atoms. The number of nitrogens with zero attached hydrogens (tertiary/aromatic N) is 1. The lowest BCUT2D eigenvalue weighted by molar-refractivity contribution is 1.18. The van der Waals surface area contributed by atoms with E-state index in [4.69, 9.17) is 0 Å². The summed E-state index contributed by atoms with van der Waals surface area (Å²) in [7, 11) is 0. The second kappa shape index (κ2) is 5.45. The maximum atomic E-state index is 2.40. The monoisotopic (exact) mass is 363 g/mol. The van der Waals surface area contributed by atoms with Crippen molar-refractivity contribution in [3.8, 4) is 5.69 Å². The lowest BCUT2D eigenvalue weighted by Crippen LogP contribution is -1.92. The molecule has 0 aliphatic rings. The SMILES string of the molecule is Cc1ccc2c(c1)c1cc3sc4ccccc4c3cc1n2-c1ccccc1. The molecule has 1 nitrogen and oxygen atoms in total. The van der Waals surface area contributed by atoms with Crippen molar-refractivity contribution >= 4 is 53.3 Å². The summed E-state index contributed by atoms with van der Waals surface area (Å²) < 4.78 is 5.11. The number of rotatable bonds is 1. The van der Waals surface area contributed by atoms with E-state index in [-0.39, 0.29) is 0 Å². The fourth-order valence-electron chi connectivity index (χ4n) is 4.21. The van der Waals surface area contributed by atoms with Crippen LogP contribution in [0.15, 0.2) is 84.9 Å². The number of hydrogen-bond donors (Lipinski definition) is 0. The molecule has 0 spiro atoms. The van der Waals surface area contributed by atoms with E-state index in [1.54, 1.807) is 0 Å². The zero-order chi connectivity index (χ0) is 18.0. The van der Waals surface area contributed by atoms with Gasteiger partial charge in [-0.1, -0.05) is 48.0 Å². The molecule has 0 saturated carbocycles. The van der Waals surface area contributed by atoms with E-state index in [0.717, 1.165) is 0 Å². The predicted molar refractivity (Wildman–Crippen MR) is 118 cm³/mol. The largest absolute Gasteiger partial charge is 0.309 e. The zero-order valence-electron chi connectivity index (χ0n) is 14.9. The third-order valence-electron chi connectivity index (χ3n) is 5.43. The molecule has 0 amide bonds. The smallest absolute Gasteiger partial charge is 0.0548 e. The van der Waals surface area contributed by atoms with Crippen molar-refractivity contribution in [3.63, 3.8) is 0 Å². The molecule has 6 aromatic rings. The highest BCUT2D eigenvalue weighted by Crippen LogP contribution is 2.40. The molecule has 0 unspecified atom stereocenters. The second-order valence-electron chi connectivity index (χ2n) is 7.16. The molecule has 0 atom stereocenters. The molecule has 2 heterocycles. The van der Waals surface area contributed by atoms with Gasteiger partial charge in [-0.25, -0.2) is 0 Å². The molecule has 2 heteroatoms. The minimum absolute atomic E-state index is 1.21. The number of aromatic nitrogens is 1. The minimum atomic E-state index is 1.21. The van der Waals surface area contributed by atoms with Crippen molar-refractivity contribution in [2.24, 2.45) is 0 Å². The lowest BCUT2D eigenvalue weighted by atomic mass is 10.1. The van der Waals surface area contributed by atoms with Gasteiger partial charge in [-0.05, 0) is 49.4 Å². The summed E-state index contributed by atoms with van der Waals surface area (Å²) in [5, 5.41) is 5.35. The van der Waals surface area contributed by atoms with Gasteiger partial charge < -0.3 is 4.57 Å². The van der Waals surface area contributed by atoms with Crippen molar-refractivity contribution in [1.29, 1.82) is 0 Å². The maximum absolute atomic E-state index is 2.40. The quantitative estimate of drug-likeness (QED) is 0.286. The van der Waals surface area contributed by atoms with Crippen LogP contribution in [0, 0.1) is 6.92 Å². The van der Waals surface area contributed by atoms with Gasteiger partial charge in [0.15, 0.2) is 0 Å². The van der Waals surface area contributed by atoms with E-state index in [0.29, 0.717) is 0 Å². The molecule has 0 radical (unpaired) electrons. The van der Waals surface area contributed by atoms with Crippen LogP contribution < -0.4 is 0 Å². The molecule has 0 aliphatic heterocycles. The highest BCUT2D eigenvalue weighted by Gasteiger charge is 2.15. The van der Waals surface area contributed by atoms with Crippen molar-refractivity contribution in [3.05, 3.63) is 90.5 Å². The van der Waals surface area contributed by atoms with Crippen molar-refractivity contribution in [1.82, 2.24) is 4.57 Å². The standard InChI is InChI=1S/C25H17NS/c1-16-11-12-22-19(13-16)20-15-25-21(18-9-5-6-10-24(18)27-25)14-23(20)26(22)17-7-3-2-4-8-17/h2-15H,1H3. The molecule has 0 N–H and O–H groups in total. The van der Waals surface area contributed by atoms with Gasteiger partial charge in [0.1, 0.15) is 0 Å². The number of hydrogen-bond acceptors (Lipinski definition) is 1. The molecule has 0 fully saturated rings. The van der Waals surface area contributed by atoms with Crippen LogP contribution in [0.1, 0.15) is 5.56 Å². The van der Waals surface area contributed by atoms with Gasteiger partial charge in [-0.2, -0.15) is 0 Å². The Bertz CT molecular complexity index is 1470. The van der Waals surface area contributed by atoms with Crippen LogP contribution in [0.4, 0.5) is 0 Å². The van der Waals surface area contributed by atoms with Crippen LogP contribution in [0.25, 0.3) is 47.7 Å². The molecular formula is C25H17NS. The van der Waals surface area contributed by atoms with E-state index in [1.165, 1.54) is 53.2 Å². The van der Waals surface area contributed by atoms with Crippen LogP contribution in [-0.2, 0) is 0 Å². The zero-order valence-corrected chi connectivity index (χ0v) is 15.8. The van der Waals surface area contributed by atoms with Crippen molar-refractivity contribution in [2.45, 2.75) is 6.92 Å². The van der Waals surface area contributed by atoms with Gasteiger partial charge in [0.25, 0.3) is 0 Å². The van der Waals surface area contributed by atoms with Gasteiger partial charge in [-0.3, -0.25) is 0 Å². The van der Waals surface area contributed by atoms with E-state index >= 15 is 0 Å².